The van der Waals surface area contributed by atoms with Gasteiger partial charge >= 0.3 is 0 Å². The number of halogens is 2. The van der Waals surface area contributed by atoms with Crippen molar-refractivity contribution in [1.82, 2.24) is 4.90 Å². The van der Waals surface area contributed by atoms with Gasteiger partial charge in [0.2, 0.25) is 0 Å². The molecule has 0 aromatic heterocycles. The number of amides is 1. The van der Waals surface area contributed by atoms with Crippen molar-refractivity contribution < 1.29 is 14.3 Å². The first-order valence-corrected chi connectivity index (χ1v) is 11.1. The molecule has 8 heteroatoms. The summed E-state index contributed by atoms with van der Waals surface area (Å²) in [6.07, 6.45) is 0.877. The molecule has 1 aliphatic heterocycles. The molecule has 2 aromatic carbocycles. The van der Waals surface area contributed by atoms with E-state index >= 15 is 0 Å². The quantitative estimate of drug-likeness (QED) is 0.591. The molecular formula is C22H27BrClN3O3. The lowest BCUT2D eigenvalue weighted by atomic mass is 10.1. The van der Waals surface area contributed by atoms with Crippen molar-refractivity contribution >= 4 is 44.8 Å². The Morgan fingerprint density at radius 2 is 1.93 bits per heavy atom. The number of nitrogens with zero attached hydrogens (tertiary/aromatic N) is 2. The van der Waals surface area contributed by atoms with Gasteiger partial charge in [-0.1, -0.05) is 18.5 Å². The van der Waals surface area contributed by atoms with E-state index in [-0.39, 0.29) is 5.91 Å². The Labute approximate surface area is 191 Å². The highest BCUT2D eigenvalue weighted by Crippen LogP contribution is 2.37. The van der Waals surface area contributed by atoms with Crippen molar-refractivity contribution in [1.29, 1.82) is 0 Å². The molecule has 1 N–H and O–H groups in total. The SMILES string of the molecule is CCCOc1c(Br)cc(C(=O)Nc2cc(Cl)ccc2N2CCN(C)CC2)cc1OC. The van der Waals surface area contributed by atoms with Crippen LogP contribution in [0.5, 0.6) is 11.5 Å². The summed E-state index contributed by atoms with van der Waals surface area (Å²) in [5.74, 6) is 0.860. The minimum absolute atomic E-state index is 0.242. The van der Waals surface area contributed by atoms with Crippen LogP contribution >= 0.6 is 27.5 Å². The monoisotopic (exact) mass is 495 g/mol. The number of likely N-dealkylation sites (N-methyl/N-ethyl adjacent to an activating group) is 1. The van der Waals surface area contributed by atoms with Crippen LogP contribution in [0, 0.1) is 0 Å². The largest absolute Gasteiger partial charge is 0.493 e. The van der Waals surface area contributed by atoms with Crippen LogP contribution in [-0.2, 0) is 0 Å². The Hall–Kier alpha value is -1.96. The van der Waals surface area contributed by atoms with Gasteiger partial charge in [0.1, 0.15) is 0 Å². The third-order valence-corrected chi connectivity index (χ3v) is 5.82. The van der Waals surface area contributed by atoms with Gasteiger partial charge in [0.25, 0.3) is 5.91 Å². The first kappa shape index (κ1) is 22.7. The third-order valence-electron chi connectivity index (χ3n) is 4.99. The molecule has 0 atom stereocenters. The predicted molar refractivity (Wildman–Crippen MR) is 126 cm³/mol. The fourth-order valence-corrected chi connectivity index (χ4v) is 4.05. The van der Waals surface area contributed by atoms with Crippen molar-refractivity contribution in [2.45, 2.75) is 13.3 Å². The summed E-state index contributed by atoms with van der Waals surface area (Å²) in [7, 11) is 3.67. The number of methoxy groups -OCH3 is 1. The lowest BCUT2D eigenvalue weighted by molar-refractivity contribution is 0.102. The summed E-state index contributed by atoms with van der Waals surface area (Å²) in [5.41, 5.74) is 2.13. The van der Waals surface area contributed by atoms with E-state index in [1.807, 2.05) is 19.1 Å². The second-order valence-electron chi connectivity index (χ2n) is 7.24. The van der Waals surface area contributed by atoms with Crippen LogP contribution in [-0.4, -0.2) is 57.8 Å². The zero-order valence-electron chi connectivity index (χ0n) is 17.5. The number of anilines is 2. The molecule has 2 aromatic rings. The lowest BCUT2D eigenvalue weighted by Gasteiger charge is -2.35. The topological polar surface area (TPSA) is 54.0 Å². The van der Waals surface area contributed by atoms with Crippen LogP contribution in [0.15, 0.2) is 34.8 Å². The minimum atomic E-state index is -0.242. The molecule has 0 spiro atoms. The van der Waals surface area contributed by atoms with Gasteiger partial charge in [0, 0.05) is 36.8 Å². The number of ether oxygens (including phenoxy) is 2. The number of carbonyl (C=O) groups excluding carboxylic acids is 1. The number of rotatable bonds is 7. The van der Waals surface area contributed by atoms with E-state index in [4.69, 9.17) is 21.1 Å². The smallest absolute Gasteiger partial charge is 0.255 e. The van der Waals surface area contributed by atoms with Crippen LogP contribution in [0.3, 0.4) is 0 Å². The number of hydrogen-bond acceptors (Lipinski definition) is 5. The van der Waals surface area contributed by atoms with Crippen LogP contribution in [0.1, 0.15) is 23.7 Å². The summed E-state index contributed by atoms with van der Waals surface area (Å²) in [5, 5.41) is 3.60. The van der Waals surface area contributed by atoms with E-state index in [0.717, 1.165) is 38.3 Å². The Balaban J connectivity index is 1.85. The van der Waals surface area contributed by atoms with Crippen LogP contribution < -0.4 is 19.7 Å². The average Bonchev–Trinajstić information content (AvgIpc) is 2.73. The number of piperazine rings is 1. The molecule has 30 heavy (non-hydrogen) atoms. The Morgan fingerprint density at radius 1 is 1.20 bits per heavy atom. The van der Waals surface area contributed by atoms with Gasteiger partial charge in [-0.3, -0.25) is 4.79 Å². The molecule has 0 saturated carbocycles. The first-order chi connectivity index (χ1) is 14.4. The first-order valence-electron chi connectivity index (χ1n) is 9.97. The Morgan fingerprint density at radius 3 is 2.60 bits per heavy atom. The summed E-state index contributed by atoms with van der Waals surface area (Å²) in [4.78, 5) is 17.6. The zero-order valence-corrected chi connectivity index (χ0v) is 19.8. The Kier molecular flexibility index (Phi) is 7.86. The van der Waals surface area contributed by atoms with Crippen LogP contribution in [0.4, 0.5) is 11.4 Å². The maximum absolute atomic E-state index is 13.1. The van der Waals surface area contributed by atoms with E-state index in [9.17, 15) is 4.79 Å². The zero-order chi connectivity index (χ0) is 21.7. The normalized spacial score (nSPS) is 14.5. The highest BCUT2D eigenvalue weighted by molar-refractivity contribution is 9.10. The summed E-state index contributed by atoms with van der Waals surface area (Å²) in [6, 6.07) is 9.03. The molecular weight excluding hydrogens is 470 g/mol. The predicted octanol–water partition coefficient (Wildman–Crippen LogP) is 4.90. The maximum Gasteiger partial charge on any atom is 0.255 e. The minimum Gasteiger partial charge on any atom is -0.493 e. The molecule has 0 bridgehead atoms. The third kappa shape index (κ3) is 5.39. The molecule has 1 saturated heterocycles. The van der Waals surface area contributed by atoms with Crippen molar-refractivity contribution in [2.75, 3.05) is 57.2 Å². The average molecular weight is 497 g/mol. The number of carbonyl (C=O) groups is 1. The maximum atomic E-state index is 13.1. The van der Waals surface area contributed by atoms with Gasteiger partial charge in [-0.05, 0) is 59.7 Å². The highest BCUT2D eigenvalue weighted by Gasteiger charge is 2.20. The van der Waals surface area contributed by atoms with Gasteiger partial charge in [0.05, 0.1) is 29.6 Å². The lowest BCUT2D eigenvalue weighted by Crippen LogP contribution is -2.44. The van der Waals surface area contributed by atoms with Crippen molar-refractivity contribution in [3.8, 4) is 11.5 Å². The van der Waals surface area contributed by atoms with E-state index in [1.54, 1.807) is 25.3 Å². The second-order valence-corrected chi connectivity index (χ2v) is 8.53. The molecule has 1 heterocycles. The van der Waals surface area contributed by atoms with Gasteiger partial charge in [-0.25, -0.2) is 0 Å². The standard InChI is InChI=1S/C22H27BrClN3O3/c1-4-11-30-21-17(23)12-15(13-20(21)29-3)22(28)25-18-14-16(24)5-6-19(18)27-9-7-26(2)8-10-27/h5-6,12-14H,4,7-11H2,1-3H3,(H,25,28). The molecule has 162 valence electrons. The molecule has 1 aliphatic rings. The van der Waals surface area contributed by atoms with Gasteiger partial charge < -0.3 is 24.6 Å². The van der Waals surface area contributed by atoms with Crippen LogP contribution in [0.2, 0.25) is 5.02 Å². The Bertz CT molecular complexity index is 901. The fourth-order valence-electron chi connectivity index (χ4n) is 3.32. The molecule has 1 amide bonds. The molecule has 0 aliphatic carbocycles. The number of benzene rings is 2. The summed E-state index contributed by atoms with van der Waals surface area (Å²) in [6.45, 7) is 6.33. The van der Waals surface area contributed by atoms with Gasteiger partial charge in [-0.2, -0.15) is 0 Å². The van der Waals surface area contributed by atoms with Crippen molar-refractivity contribution in [3.63, 3.8) is 0 Å². The molecule has 1 fully saturated rings. The van der Waals surface area contributed by atoms with Crippen molar-refractivity contribution in [3.05, 3.63) is 45.4 Å². The summed E-state index contributed by atoms with van der Waals surface area (Å²) >= 11 is 9.73. The van der Waals surface area contributed by atoms with E-state index in [1.165, 1.54) is 0 Å². The second kappa shape index (κ2) is 10.4. The number of hydrogen-bond donors (Lipinski definition) is 1. The summed E-state index contributed by atoms with van der Waals surface area (Å²) < 4.78 is 11.9. The number of nitrogens with one attached hydrogen (secondary N) is 1. The molecule has 3 rings (SSSR count). The molecule has 6 nitrogen and oxygen atoms in total. The van der Waals surface area contributed by atoms with Gasteiger partial charge in [-0.15, -0.1) is 0 Å². The van der Waals surface area contributed by atoms with E-state index in [0.29, 0.717) is 38.9 Å². The molecule has 0 radical (unpaired) electrons. The van der Waals surface area contributed by atoms with Crippen molar-refractivity contribution in [2.24, 2.45) is 0 Å². The van der Waals surface area contributed by atoms with E-state index < -0.39 is 0 Å². The van der Waals surface area contributed by atoms with E-state index in [2.05, 4.69) is 38.1 Å². The fraction of sp³-hybridized carbons (Fsp3) is 0.409. The van der Waals surface area contributed by atoms with Gasteiger partial charge in [0.15, 0.2) is 11.5 Å². The highest BCUT2D eigenvalue weighted by atomic mass is 79.9. The molecule has 0 unspecified atom stereocenters. The van der Waals surface area contributed by atoms with Crippen LogP contribution in [0.25, 0.3) is 0 Å².